The molecule has 0 saturated heterocycles. The van der Waals surface area contributed by atoms with Gasteiger partial charge in [0, 0.05) is 24.5 Å². The number of likely N-dealkylation sites (N-methyl/N-ethyl adjacent to an activating group) is 1. The first-order valence-corrected chi connectivity index (χ1v) is 8.26. The van der Waals surface area contributed by atoms with E-state index in [1.54, 1.807) is 0 Å². The van der Waals surface area contributed by atoms with Crippen molar-refractivity contribution in [3.63, 3.8) is 0 Å². The van der Waals surface area contributed by atoms with Gasteiger partial charge in [-0.3, -0.25) is 4.68 Å². The molecule has 0 spiro atoms. The Morgan fingerprint density at radius 1 is 1.33 bits per heavy atom. The second kappa shape index (κ2) is 7.61. The molecule has 1 heterocycles. The van der Waals surface area contributed by atoms with Crippen LogP contribution in [0, 0.1) is 6.92 Å². The van der Waals surface area contributed by atoms with Crippen LogP contribution in [0.25, 0.3) is 0 Å². The molecule has 0 aromatic carbocycles. The lowest BCUT2D eigenvalue weighted by Gasteiger charge is -2.41. The summed E-state index contributed by atoms with van der Waals surface area (Å²) in [5.74, 6) is 0. The van der Waals surface area contributed by atoms with E-state index in [1.807, 2.05) is 11.6 Å². The molecule has 0 aliphatic heterocycles. The molecule has 0 radical (unpaired) electrons. The molecule has 1 aromatic rings. The van der Waals surface area contributed by atoms with E-state index in [-0.39, 0.29) is 5.54 Å². The predicted octanol–water partition coefficient (Wildman–Crippen LogP) is 3.12. The number of hydrogen-bond acceptors (Lipinski definition) is 3. The van der Waals surface area contributed by atoms with Gasteiger partial charge in [-0.05, 0) is 54.8 Å². The lowest BCUT2D eigenvalue weighted by molar-refractivity contribution is 0.136. The van der Waals surface area contributed by atoms with Gasteiger partial charge >= 0.3 is 0 Å². The Morgan fingerprint density at radius 2 is 1.95 bits per heavy atom. The van der Waals surface area contributed by atoms with E-state index in [0.717, 1.165) is 42.3 Å². The maximum absolute atomic E-state index is 6.48. The van der Waals surface area contributed by atoms with Crippen LogP contribution in [0.5, 0.6) is 0 Å². The Hall–Kier alpha value is -0.580. The van der Waals surface area contributed by atoms with Gasteiger partial charge in [-0.2, -0.15) is 5.10 Å². The standard InChI is InChI=1S/C16H31ClN4/c1-8-10-18-14(16(4,5)20(6)7)11-13-15(17)12(3)19-21(13)9-2/h14,18H,8-11H2,1-7H3. The van der Waals surface area contributed by atoms with Gasteiger partial charge in [0.2, 0.25) is 0 Å². The smallest absolute Gasteiger partial charge is 0.0847 e. The van der Waals surface area contributed by atoms with Crippen molar-refractivity contribution in [3.8, 4) is 0 Å². The molecule has 0 aliphatic rings. The largest absolute Gasteiger partial charge is 0.312 e. The van der Waals surface area contributed by atoms with Crippen molar-refractivity contribution in [1.29, 1.82) is 0 Å². The van der Waals surface area contributed by atoms with Crippen molar-refractivity contribution < 1.29 is 0 Å². The molecule has 1 rings (SSSR count). The van der Waals surface area contributed by atoms with Crippen LogP contribution in [0.4, 0.5) is 0 Å². The molecule has 1 unspecified atom stereocenters. The Balaban J connectivity index is 3.07. The second-order valence-corrected chi connectivity index (χ2v) is 6.80. The molecular formula is C16H31ClN4. The Labute approximate surface area is 134 Å². The van der Waals surface area contributed by atoms with Gasteiger partial charge in [0.15, 0.2) is 0 Å². The number of rotatable bonds is 8. The van der Waals surface area contributed by atoms with Crippen molar-refractivity contribution in [2.45, 2.75) is 65.6 Å². The summed E-state index contributed by atoms with van der Waals surface area (Å²) in [6, 6.07) is 0.325. The molecule has 4 nitrogen and oxygen atoms in total. The van der Waals surface area contributed by atoms with Crippen molar-refractivity contribution in [2.24, 2.45) is 0 Å². The van der Waals surface area contributed by atoms with Crippen LogP contribution in [0.2, 0.25) is 5.02 Å². The van der Waals surface area contributed by atoms with Crippen LogP contribution in [-0.2, 0) is 13.0 Å². The minimum absolute atomic E-state index is 0.0369. The minimum atomic E-state index is 0.0369. The summed E-state index contributed by atoms with van der Waals surface area (Å²) in [5, 5.41) is 9.03. The quantitative estimate of drug-likeness (QED) is 0.800. The third-order valence-electron chi connectivity index (χ3n) is 4.50. The summed E-state index contributed by atoms with van der Waals surface area (Å²) < 4.78 is 2.03. The number of nitrogens with zero attached hydrogens (tertiary/aromatic N) is 3. The number of nitrogens with one attached hydrogen (secondary N) is 1. The van der Waals surface area contributed by atoms with E-state index in [1.165, 1.54) is 0 Å². The fourth-order valence-electron chi connectivity index (χ4n) is 2.46. The van der Waals surface area contributed by atoms with Crippen LogP contribution in [0.15, 0.2) is 0 Å². The number of hydrogen-bond donors (Lipinski definition) is 1. The van der Waals surface area contributed by atoms with E-state index in [0.29, 0.717) is 6.04 Å². The Morgan fingerprint density at radius 3 is 2.43 bits per heavy atom. The van der Waals surface area contributed by atoms with Gasteiger partial charge < -0.3 is 10.2 Å². The SMILES string of the molecule is CCCNC(Cc1c(Cl)c(C)nn1CC)C(C)(C)N(C)C. The summed E-state index contributed by atoms with van der Waals surface area (Å²) in [6.45, 7) is 12.7. The fourth-order valence-corrected chi connectivity index (χ4v) is 2.67. The van der Waals surface area contributed by atoms with E-state index in [4.69, 9.17) is 11.6 Å². The summed E-state index contributed by atoms with van der Waals surface area (Å²) in [6.07, 6.45) is 2.01. The van der Waals surface area contributed by atoms with E-state index >= 15 is 0 Å². The van der Waals surface area contributed by atoms with Gasteiger partial charge in [-0.25, -0.2) is 0 Å². The summed E-state index contributed by atoms with van der Waals surface area (Å²) in [7, 11) is 4.26. The summed E-state index contributed by atoms with van der Waals surface area (Å²) in [5.41, 5.74) is 2.10. The lowest BCUT2D eigenvalue weighted by Crippen LogP contribution is -2.56. The van der Waals surface area contributed by atoms with E-state index < -0.39 is 0 Å². The molecular weight excluding hydrogens is 284 g/mol. The third kappa shape index (κ3) is 4.21. The first kappa shape index (κ1) is 18.5. The van der Waals surface area contributed by atoms with Crippen molar-refractivity contribution in [2.75, 3.05) is 20.6 Å². The lowest BCUT2D eigenvalue weighted by atomic mass is 9.89. The molecule has 0 aliphatic carbocycles. The van der Waals surface area contributed by atoms with Crippen molar-refractivity contribution in [1.82, 2.24) is 20.0 Å². The highest BCUT2D eigenvalue weighted by Gasteiger charge is 2.32. The first-order valence-electron chi connectivity index (χ1n) is 7.88. The Kier molecular flexibility index (Phi) is 6.70. The average Bonchev–Trinajstić information content (AvgIpc) is 2.70. The van der Waals surface area contributed by atoms with Gasteiger partial charge in [-0.1, -0.05) is 18.5 Å². The second-order valence-electron chi connectivity index (χ2n) is 6.42. The molecule has 21 heavy (non-hydrogen) atoms. The first-order chi connectivity index (χ1) is 9.75. The summed E-state index contributed by atoms with van der Waals surface area (Å²) in [4.78, 5) is 2.27. The zero-order valence-corrected chi connectivity index (χ0v) is 15.4. The van der Waals surface area contributed by atoms with Crippen molar-refractivity contribution >= 4 is 11.6 Å². The normalized spacial score (nSPS) is 14.0. The van der Waals surface area contributed by atoms with Crippen LogP contribution in [0.1, 0.15) is 45.5 Å². The van der Waals surface area contributed by atoms with Gasteiger partial charge in [-0.15, -0.1) is 0 Å². The van der Waals surface area contributed by atoms with Crippen LogP contribution in [0.3, 0.4) is 0 Å². The number of aryl methyl sites for hydroxylation is 2. The Bertz CT molecular complexity index is 451. The summed E-state index contributed by atoms with van der Waals surface area (Å²) >= 11 is 6.48. The van der Waals surface area contributed by atoms with Gasteiger partial charge in [0.05, 0.1) is 16.4 Å². The molecule has 0 bridgehead atoms. The maximum atomic E-state index is 6.48. The minimum Gasteiger partial charge on any atom is -0.312 e. The highest BCUT2D eigenvalue weighted by molar-refractivity contribution is 6.31. The molecule has 1 aromatic heterocycles. The third-order valence-corrected chi connectivity index (χ3v) is 4.99. The van der Waals surface area contributed by atoms with E-state index in [2.05, 4.69) is 57.1 Å². The number of aromatic nitrogens is 2. The molecule has 0 amide bonds. The van der Waals surface area contributed by atoms with Crippen LogP contribution < -0.4 is 5.32 Å². The van der Waals surface area contributed by atoms with Crippen molar-refractivity contribution in [3.05, 3.63) is 16.4 Å². The number of halogens is 1. The highest BCUT2D eigenvalue weighted by Crippen LogP contribution is 2.26. The van der Waals surface area contributed by atoms with Gasteiger partial charge in [0.25, 0.3) is 0 Å². The van der Waals surface area contributed by atoms with Crippen LogP contribution in [-0.4, -0.2) is 46.9 Å². The zero-order chi connectivity index (χ0) is 16.2. The molecule has 122 valence electrons. The molecule has 1 atom stereocenters. The molecule has 5 heteroatoms. The topological polar surface area (TPSA) is 33.1 Å². The van der Waals surface area contributed by atoms with E-state index in [9.17, 15) is 0 Å². The highest BCUT2D eigenvalue weighted by atomic mass is 35.5. The zero-order valence-electron chi connectivity index (χ0n) is 14.6. The average molecular weight is 315 g/mol. The molecule has 0 fully saturated rings. The predicted molar refractivity (Wildman–Crippen MR) is 91.2 cm³/mol. The fraction of sp³-hybridized carbons (Fsp3) is 0.812. The molecule has 1 N–H and O–H groups in total. The molecule has 0 saturated carbocycles. The van der Waals surface area contributed by atoms with Gasteiger partial charge in [0.1, 0.15) is 0 Å². The monoisotopic (exact) mass is 314 g/mol. The maximum Gasteiger partial charge on any atom is 0.0847 e. The van der Waals surface area contributed by atoms with Crippen LogP contribution >= 0.6 is 11.6 Å².